The molecular formula is C53H73N. The molecule has 1 atom stereocenters. The molecule has 0 spiro atoms. The lowest BCUT2D eigenvalue weighted by molar-refractivity contribution is 0.716. The van der Waals surface area contributed by atoms with Crippen LogP contribution in [0.4, 0.5) is 0 Å². The molecule has 1 aliphatic rings. The first-order valence-electron chi connectivity index (χ1n) is 20.8. The highest BCUT2D eigenvalue weighted by Crippen LogP contribution is 2.39. The summed E-state index contributed by atoms with van der Waals surface area (Å²) in [6.45, 7) is 36.7. The maximum Gasteiger partial charge on any atom is 0.0760 e. The lowest BCUT2D eigenvalue weighted by Crippen LogP contribution is -2.03. The van der Waals surface area contributed by atoms with Crippen molar-refractivity contribution < 1.29 is 0 Å². The molecule has 1 nitrogen and oxygen atoms in total. The van der Waals surface area contributed by atoms with Gasteiger partial charge in [0.15, 0.2) is 0 Å². The Hall–Kier alpha value is -4.75. The lowest BCUT2D eigenvalue weighted by atomic mass is 9.89. The molecule has 5 aromatic rings. The van der Waals surface area contributed by atoms with Crippen molar-refractivity contribution in [3.8, 4) is 33.4 Å². The second-order valence-electron chi connectivity index (χ2n) is 11.5. The van der Waals surface area contributed by atoms with E-state index in [0.717, 1.165) is 29.7 Å². The predicted octanol–water partition coefficient (Wildman–Crippen LogP) is 17.2. The van der Waals surface area contributed by atoms with Crippen LogP contribution >= 0.6 is 0 Å². The van der Waals surface area contributed by atoms with Gasteiger partial charge in [-0.25, -0.2) is 0 Å². The summed E-state index contributed by atoms with van der Waals surface area (Å²) in [7, 11) is 0. The summed E-state index contributed by atoms with van der Waals surface area (Å²) in [5, 5.41) is 0. The third-order valence-electron chi connectivity index (χ3n) is 8.53. The maximum absolute atomic E-state index is 5.22. The zero-order valence-electron chi connectivity index (χ0n) is 36.4. The highest BCUT2D eigenvalue weighted by Gasteiger charge is 2.26. The van der Waals surface area contributed by atoms with Crippen molar-refractivity contribution in [1.82, 2.24) is 0 Å². The third-order valence-corrected chi connectivity index (χ3v) is 8.53. The summed E-state index contributed by atoms with van der Waals surface area (Å²) in [6, 6.07) is 40.6. The van der Waals surface area contributed by atoms with E-state index in [4.69, 9.17) is 4.99 Å². The van der Waals surface area contributed by atoms with Crippen molar-refractivity contribution in [2.75, 3.05) is 0 Å². The van der Waals surface area contributed by atoms with Crippen LogP contribution < -0.4 is 0 Å². The van der Waals surface area contributed by atoms with E-state index in [1.165, 1.54) is 68.5 Å². The molecule has 54 heavy (non-hydrogen) atoms. The van der Waals surface area contributed by atoms with Crippen LogP contribution in [0.5, 0.6) is 0 Å². The van der Waals surface area contributed by atoms with E-state index in [9.17, 15) is 0 Å². The van der Waals surface area contributed by atoms with Gasteiger partial charge in [0.2, 0.25) is 0 Å². The largest absolute Gasteiger partial charge is 0.276 e. The van der Waals surface area contributed by atoms with E-state index in [2.05, 4.69) is 150 Å². The average molecular weight is 724 g/mol. The summed E-state index contributed by atoms with van der Waals surface area (Å²) in [5.41, 5.74) is 16.0. The normalized spacial score (nSPS) is 11.5. The maximum atomic E-state index is 5.22. The van der Waals surface area contributed by atoms with Crippen molar-refractivity contribution in [3.05, 3.63) is 162 Å². The average Bonchev–Trinajstić information content (AvgIpc) is 3.65. The van der Waals surface area contributed by atoms with Gasteiger partial charge in [-0.1, -0.05) is 193 Å². The Morgan fingerprint density at radius 3 is 1.54 bits per heavy atom. The fourth-order valence-corrected chi connectivity index (χ4v) is 6.06. The second-order valence-corrected chi connectivity index (χ2v) is 11.5. The summed E-state index contributed by atoms with van der Waals surface area (Å²) in [6.07, 6.45) is 6.50. The van der Waals surface area contributed by atoms with Crippen LogP contribution in [0.1, 0.15) is 142 Å². The molecule has 0 radical (unpaired) electrons. The minimum atomic E-state index is 0.183. The van der Waals surface area contributed by atoms with Crippen LogP contribution in [0.3, 0.4) is 0 Å². The predicted molar refractivity (Wildman–Crippen MR) is 249 cm³/mol. The van der Waals surface area contributed by atoms with E-state index in [1.807, 2.05) is 75.3 Å². The highest BCUT2D eigenvalue weighted by atomic mass is 14.8. The Morgan fingerprint density at radius 1 is 0.556 bits per heavy atom. The number of benzene rings is 5. The Morgan fingerprint density at radius 2 is 1.04 bits per heavy atom. The minimum absolute atomic E-state index is 0.183. The molecule has 0 bridgehead atoms. The highest BCUT2D eigenvalue weighted by molar-refractivity contribution is 6.17. The molecule has 0 aliphatic carbocycles. The van der Waals surface area contributed by atoms with Crippen molar-refractivity contribution >= 4 is 11.8 Å². The fraction of sp³-hybridized carbons (Fsp3) is 0.340. The summed E-state index contributed by atoms with van der Waals surface area (Å²) in [4.78, 5) is 5.22. The van der Waals surface area contributed by atoms with Crippen LogP contribution in [0.15, 0.2) is 134 Å². The van der Waals surface area contributed by atoms with Crippen LogP contribution in [-0.4, -0.2) is 5.71 Å². The molecule has 0 amide bonds. The smallest absolute Gasteiger partial charge is 0.0760 e. The molecular weight excluding hydrogens is 651 g/mol. The van der Waals surface area contributed by atoms with Gasteiger partial charge >= 0.3 is 0 Å². The lowest BCUT2D eigenvalue weighted by Gasteiger charge is -2.14. The van der Waals surface area contributed by atoms with Crippen molar-refractivity contribution in [2.45, 2.75) is 122 Å². The molecule has 0 N–H and O–H groups in total. The standard InChI is InChI=1S/C41H39N.5C2H6.C2H4/c1-5-8-11-29-16-20-32(21-17-29)35-24-34(31-18-14-28(4)15-19-31)25-36(26-35)33-22-23-38-39(27-33)41(42-40(38)7-3)37-13-10-9-12-30(37)6-2;6*1-2/h6,9-10,12-27,40H,2,5,7-8,11H2,1,3-4H3;5*1-2H3;1-2H2. The van der Waals surface area contributed by atoms with Crippen LogP contribution in [0, 0.1) is 6.92 Å². The van der Waals surface area contributed by atoms with E-state index in [-0.39, 0.29) is 6.04 Å². The van der Waals surface area contributed by atoms with Gasteiger partial charge in [-0.2, -0.15) is 0 Å². The van der Waals surface area contributed by atoms with Crippen LogP contribution in [0.25, 0.3) is 39.5 Å². The number of fused-ring (bicyclic) bond motifs is 1. The summed E-state index contributed by atoms with van der Waals surface area (Å²) >= 11 is 0. The minimum Gasteiger partial charge on any atom is -0.276 e. The molecule has 1 aliphatic heterocycles. The van der Waals surface area contributed by atoms with Gasteiger partial charge in [-0.15, -0.1) is 13.2 Å². The van der Waals surface area contributed by atoms with Crippen molar-refractivity contribution in [1.29, 1.82) is 0 Å². The number of aliphatic imine (C=N–C) groups is 1. The Labute approximate surface area is 333 Å². The van der Waals surface area contributed by atoms with Gasteiger partial charge in [0, 0.05) is 11.1 Å². The van der Waals surface area contributed by atoms with Crippen LogP contribution in [0.2, 0.25) is 0 Å². The molecule has 290 valence electrons. The number of nitrogens with zero attached hydrogens (tertiary/aromatic N) is 1. The Bertz CT molecular complexity index is 1770. The Balaban J connectivity index is 0.00000214. The quantitative estimate of drug-likeness (QED) is 0.134. The van der Waals surface area contributed by atoms with E-state index < -0.39 is 0 Å². The second kappa shape index (κ2) is 28.7. The van der Waals surface area contributed by atoms with Gasteiger partial charge in [-0.3, -0.25) is 4.99 Å². The molecule has 1 heteroatoms. The fourth-order valence-electron chi connectivity index (χ4n) is 6.06. The molecule has 0 saturated heterocycles. The number of rotatable bonds is 9. The van der Waals surface area contributed by atoms with E-state index in [1.54, 1.807) is 0 Å². The topological polar surface area (TPSA) is 12.4 Å². The van der Waals surface area contributed by atoms with Gasteiger partial charge in [0.1, 0.15) is 0 Å². The molecule has 0 fully saturated rings. The molecule has 0 aromatic heterocycles. The number of hydrogen-bond donors (Lipinski definition) is 0. The molecule has 1 heterocycles. The first-order valence-corrected chi connectivity index (χ1v) is 20.8. The van der Waals surface area contributed by atoms with Gasteiger partial charge < -0.3 is 0 Å². The monoisotopic (exact) mass is 724 g/mol. The number of hydrogen-bond acceptors (Lipinski definition) is 1. The molecule has 1 unspecified atom stereocenters. The first-order chi connectivity index (χ1) is 26.6. The van der Waals surface area contributed by atoms with Crippen LogP contribution in [-0.2, 0) is 6.42 Å². The van der Waals surface area contributed by atoms with E-state index in [0.29, 0.717) is 0 Å². The van der Waals surface area contributed by atoms with Crippen molar-refractivity contribution in [3.63, 3.8) is 0 Å². The SMILES string of the molecule is C=C.C=Cc1ccccc1C1=NC(CC)c2ccc(-c3cc(-c4ccc(C)cc4)cc(-c4ccc(CCCC)cc4)c3)cc21.CC.CC.CC.CC.CC. The van der Waals surface area contributed by atoms with Gasteiger partial charge in [0.25, 0.3) is 0 Å². The zero-order valence-corrected chi connectivity index (χ0v) is 36.4. The molecule has 6 rings (SSSR count). The first kappa shape index (κ1) is 49.2. The number of aryl methyl sites for hydroxylation is 2. The summed E-state index contributed by atoms with van der Waals surface area (Å²) < 4.78 is 0. The zero-order chi connectivity index (χ0) is 41.1. The Kier molecular flexibility index (Phi) is 26.2. The molecule has 5 aromatic carbocycles. The third kappa shape index (κ3) is 13.3. The number of unbranched alkanes of at least 4 members (excludes halogenated alkanes) is 1. The van der Waals surface area contributed by atoms with Gasteiger partial charge in [0.05, 0.1) is 11.8 Å². The van der Waals surface area contributed by atoms with E-state index >= 15 is 0 Å². The molecule has 0 saturated carbocycles. The van der Waals surface area contributed by atoms with Crippen molar-refractivity contribution in [2.24, 2.45) is 4.99 Å². The van der Waals surface area contributed by atoms with Gasteiger partial charge in [-0.05, 0) is 101 Å². The summed E-state index contributed by atoms with van der Waals surface area (Å²) in [5.74, 6) is 0.